The van der Waals surface area contributed by atoms with Crippen molar-refractivity contribution in [2.24, 2.45) is 29.1 Å². The number of nitrogens with zero attached hydrogens (tertiary/aromatic N) is 1. The number of hydrogen-bond acceptors (Lipinski definition) is 3. The maximum atomic E-state index is 6.36. The summed E-state index contributed by atoms with van der Waals surface area (Å²) in [5, 5.41) is 3.90. The van der Waals surface area contributed by atoms with Crippen LogP contribution >= 0.6 is 0 Å². The van der Waals surface area contributed by atoms with Crippen LogP contribution in [-0.4, -0.2) is 29.6 Å². The Labute approximate surface area is 223 Å². The number of nitrogens with one attached hydrogen (secondary N) is 1. The van der Waals surface area contributed by atoms with E-state index in [0.717, 1.165) is 49.6 Å². The van der Waals surface area contributed by atoms with E-state index >= 15 is 0 Å². The Hall–Kier alpha value is -1.12. The summed E-state index contributed by atoms with van der Waals surface area (Å²) in [5.41, 5.74) is 1.74. The van der Waals surface area contributed by atoms with Gasteiger partial charge in [-0.25, -0.2) is 0 Å². The van der Waals surface area contributed by atoms with Gasteiger partial charge < -0.3 is 15.0 Å². The highest BCUT2D eigenvalue weighted by molar-refractivity contribution is 5.14. The minimum Gasteiger partial charge on any atom is -0.479 e. The predicted molar refractivity (Wildman–Crippen MR) is 154 cm³/mol. The molecule has 4 rings (SSSR count). The first-order chi connectivity index (χ1) is 17.2. The van der Waals surface area contributed by atoms with Crippen molar-refractivity contribution < 1.29 is 4.74 Å². The lowest BCUT2D eigenvalue weighted by atomic mass is 9.70. The van der Waals surface area contributed by atoms with Crippen LogP contribution in [0.2, 0.25) is 0 Å². The monoisotopic (exact) mass is 498 g/mol. The molecule has 0 amide bonds. The molecule has 3 unspecified atom stereocenters. The molecule has 1 saturated heterocycles. The van der Waals surface area contributed by atoms with Gasteiger partial charge in [0.1, 0.15) is 0 Å². The summed E-state index contributed by atoms with van der Waals surface area (Å²) in [6.45, 7) is 20.5. The van der Waals surface area contributed by atoms with Crippen LogP contribution in [0.3, 0.4) is 0 Å². The summed E-state index contributed by atoms with van der Waals surface area (Å²) in [6, 6.07) is 0.517. The number of hydrogen-bond donors (Lipinski definition) is 1. The van der Waals surface area contributed by atoms with Gasteiger partial charge in [-0.1, -0.05) is 85.1 Å². The molecule has 0 spiro atoms. The van der Waals surface area contributed by atoms with Gasteiger partial charge in [0.15, 0.2) is 5.88 Å². The van der Waals surface area contributed by atoms with Gasteiger partial charge in [0.2, 0.25) is 0 Å². The normalized spacial score (nSPS) is 38.6. The fourth-order valence-electron chi connectivity index (χ4n) is 8.48. The molecule has 0 aromatic carbocycles. The number of fused-ring (bicyclic) bond motifs is 2. The molecule has 36 heavy (non-hydrogen) atoms. The van der Waals surface area contributed by atoms with Gasteiger partial charge in [0.25, 0.3) is 0 Å². The molecule has 3 saturated carbocycles. The van der Waals surface area contributed by atoms with E-state index in [0.29, 0.717) is 17.4 Å². The van der Waals surface area contributed by atoms with Gasteiger partial charge in [0.05, 0.1) is 6.61 Å². The van der Waals surface area contributed by atoms with E-state index in [-0.39, 0.29) is 5.54 Å². The molecule has 4 fully saturated rings. The third-order valence-corrected chi connectivity index (χ3v) is 10.5. The quantitative estimate of drug-likeness (QED) is 0.272. The third kappa shape index (κ3) is 7.25. The molecule has 0 aromatic rings. The maximum absolute atomic E-state index is 6.36. The van der Waals surface area contributed by atoms with Crippen molar-refractivity contribution >= 4 is 0 Å². The van der Waals surface area contributed by atoms with Crippen molar-refractivity contribution in [3.8, 4) is 0 Å². The van der Waals surface area contributed by atoms with E-state index in [2.05, 4.69) is 51.1 Å². The van der Waals surface area contributed by atoms with Gasteiger partial charge >= 0.3 is 0 Å². The second-order valence-corrected chi connectivity index (χ2v) is 14.3. The van der Waals surface area contributed by atoms with Crippen LogP contribution in [0.4, 0.5) is 0 Å². The molecule has 3 aliphatic carbocycles. The second kappa shape index (κ2) is 12.2. The fraction of sp³-hybridized carbons (Fsp3) is 0.879. The molecule has 1 heterocycles. The lowest BCUT2D eigenvalue weighted by molar-refractivity contribution is 0.0386. The highest BCUT2D eigenvalue weighted by Gasteiger charge is 2.54. The summed E-state index contributed by atoms with van der Waals surface area (Å²) in [5.74, 6) is 4.46. The molecule has 4 aliphatic rings. The van der Waals surface area contributed by atoms with E-state index in [9.17, 15) is 0 Å². The van der Waals surface area contributed by atoms with Crippen LogP contribution in [-0.2, 0) is 4.74 Å². The third-order valence-electron chi connectivity index (χ3n) is 10.5. The van der Waals surface area contributed by atoms with Crippen LogP contribution in [0.5, 0.6) is 0 Å². The van der Waals surface area contributed by atoms with Crippen LogP contribution < -0.4 is 5.32 Å². The van der Waals surface area contributed by atoms with Crippen molar-refractivity contribution in [1.82, 2.24) is 10.2 Å². The van der Waals surface area contributed by atoms with Crippen LogP contribution in [0.1, 0.15) is 130 Å². The summed E-state index contributed by atoms with van der Waals surface area (Å²) in [7, 11) is 0. The second-order valence-electron chi connectivity index (χ2n) is 14.3. The Morgan fingerprint density at radius 2 is 1.56 bits per heavy atom. The van der Waals surface area contributed by atoms with E-state index in [1.165, 1.54) is 95.6 Å². The largest absolute Gasteiger partial charge is 0.479 e. The molecule has 3 nitrogen and oxygen atoms in total. The van der Waals surface area contributed by atoms with E-state index in [1.54, 1.807) is 0 Å². The lowest BCUT2D eigenvalue weighted by Crippen LogP contribution is -2.48. The van der Waals surface area contributed by atoms with E-state index in [1.807, 2.05) is 0 Å². The van der Waals surface area contributed by atoms with Crippen molar-refractivity contribution in [2.75, 3.05) is 13.2 Å². The SMILES string of the molecule is C=C(CCC1CCC(CCCC)CC1)NC1CC2(C)CN(C(=C)OCC3CCC(C)CC3)C(C)(C1)C2. The molecule has 3 atom stereocenters. The van der Waals surface area contributed by atoms with Crippen molar-refractivity contribution in [3.63, 3.8) is 0 Å². The topological polar surface area (TPSA) is 24.5 Å². The molecule has 0 aromatic heterocycles. The Balaban J connectivity index is 1.20. The average Bonchev–Trinajstić information content (AvgIpc) is 3.05. The first-order valence-corrected chi connectivity index (χ1v) is 15.7. The van der Waals surface area contributed by atoms with Gasteiger partial charge in [-0.15, -0.1) is 0 Å². The standard InChI is InChI=1S/C33H58N2O/c1-7-8-9-28-16-18-29(19-17-28)15-12-26(3)34-31-20-32(5)23-33(6,21-31)35(24-32)27(4)36-22-30-13-10-25(2)11-14-30/h25,28-31,34H,3-4,7-24H2,1-2,5-6H3. The zero-order chi connectivity index (χ0) is 25.8. The molecular formula is C33H58N2O. The van der Waals surface area contributed by atoms with E-state index < -0.39 is 0 Å². The molecule has 1 aliphatic heterocycles. The first-order valence-electron chi connectivity index (χ1n) is 15.7. The van der Waals surface area contributed by atoms with Gasteiger partial charge in [-0.2, -0.15) is 0 Å². The molecular weight excluding hydrogens is 440 g/mol. The zero-order valence-electron chi connectivity index (χ0n) is 24.4. The Morgan fingerprint density at radius 1 is 0.917 bits per heavy atom. The van der Waals surface area contributed by atoms with E-state index in [4.69, 9.17) is 4.74 Å². The maximum Gasteiger partial charge on any atom is 0.182 e. The molecule has 1 N–H and O–H groups in total. The van der Waals surface area contributed by atoms with Crippen molar-refractivity contribution in [1.29, 1.82) is 0 Å². The minimum atomic E-state index is 0.139. The highest BCUT2D eigenvalue weighted by Crippen LogP contribution is 2.53. The van der Waals surface area contributed by atoms with Crippen molar-refractivity contribution in [3.05, 3.63) is 24.7 Å². The van der Waals surface area contributed by atoms with Crippen LogP contribution in [0.15, 0.2) is 24.7 Å². The number of likely N-dealkylation sites (tertiary alicyclic amines) is 1. The smallest absolute Gasteiger partial charge is 0.182 e. The summed E-state index contributed by atoms with van der Waals surface area (Å²) < 4.78 is 6.36. The first kappa shape index (κ1) is 27.9. The molecule has 0 radical (unpaired) electrons. The minimum absolute atomic E-state index is 0.139. The molecule has 206 valence electrons. The lowest BCUT2D eigenvalue weighted by Gasteiger charge is -2.43. The highest BCUT2D eigenvalue weighted by atomic mass is 16.5. The number of unbranched alkanes of at least 4 members (excludes halogenated alkanes) is 1. The molecule has 3 heteroatoms. The summed E-state index contributed by atoms with van der Waals surface area (Å²) >= 11 is 0. The van der Waals surface area contributed by atoms with Crippen LogP contribution in [0.25, 0.3) is 0 Å². The number of rotatable bonds is 12. The average molecular weight is 499 g/mol. The Bertz CT molecular complexity index is 732. The Morgan fingerprint density at radius 3 is 2.22 bits per heavy atom. The summed E-state index contributed by atoms with van der Waals surface area (Å²) in [4.78, 5) is 2.53. The summed E-state index contributed by atoms with van der Waals surface area (Å²) in [6.07, 6.45) is 21.5. The predicted octanol–water partition coefficient (Wildman–Crippen LogP) is 8.81. The number of ether oxygens (including phenoxy) is 1. The van der Waals surface area contributed by atoms with Crippen LogP contribution in [0, 0.1) is 29.1 Å². The molecule has 2 bridgehead atoms. The van der Waals surface area contributed by atoms with Crippen molar-refractivity contribution in [2.45, 2.75) is 142 Å². The van der Waals surface area contributed by atoms with Gasteiger partial charge in [-0.3, -0.25) is 0 Å². The zero-order valence-corrected chi connectivity index (χ0v) is 24.4. The van der Waals surface area contributed by atoms with Gasteiger partial charge in [-0.05, 0) is 87.5 Å². The fourth-order valence-corrected chi connectivity index (χ4v) is 8.48. The number of allylic oxidation sites excluding steroid dienone is 1. The van der Waals surface area contributed by atoms with Gasteiger partial charge in [0, 0.05) is 23.8 Å². The Kier molecular flexibility index (Phi) is 9.43.